The molecule has 1 unspecified atom stereocenters. The van der Waals surface area contributed by atoms with Crippen LogP contribution in [0.4, 0.5) is 5.69 Å². The maximum atomic E-state index is 3.50. The second-order valence-corrected chi connectivity index (χ2v) is 4.06. The van der Waals surface area contributed by atoms with E-state index >= 15 is 0 Å². The predicted molar refractivity (Wildman–Crippen MR) is 57.3 cm³/mol. The summed E-state index contributed by atoms with van der Waals surface area (Å²) in [7, 11) is 0. The zero-order chi connectivity index (χ0) is 9.26. The Bertz CT molecular complexity index is 304. The highest BCUT2D eigenvalue weighted by atomic mass is 14.9. The lowest BCUT2D eigenvalue weighted by molar-refractivity contribution is 0.667. The van der Waals surface area contributed by atoms with Crippen LogP contribution in [0, 0.1) is 6.92 Å². The second kappa shape index (κ2) is 3.41. The first-order valence-electron chi connectivity index (χ1n) is 5.12. The Hall–Kier alpha value is -0.980. The van der Waals surface area contributed by atoms with Crippen LogP contribution < -0.4 is 5.32 Å². The molecule has 0 spiro atoms. The number of hydrogen-bond acceptors (Lipinski definition) is 1. The van der Waals surface area contributed by atoms with Gasteiger partial charge in [0.15, 0.2) is 0 Å². The van der Waals surface area contributed by atoms with Gasteiger partial charge in [-0.25, -0.2) is 0 Å². The minimum atomic E-state index is 0.714. The molecule has 1 atom stereocenters. The average molecular weight is 175 g/mol. The summed E-state index contributed by atoms with van der Waals surface area (Å²) in [5.74, 6) is 0.714. The van der Waals surface area contributed by atoms with Crippen molar-refractivity contribution in [2.45, 2.75) is 32.6 Å². The van der Waals surface area contributed by atoms with Crippen molar-refractivity contribution in [2.24, 2.45) is 0 Å². The first-order chi connectivity index (χ1) is 6.27. The summed E-state index contributed by atoms with van der Waals surface area (Å²) in [5.41, 5.74) is 4.19. The van der Waals surface area contributed by atoms with Gasteiger partial charge in [0.2, 0.25) is 0 Å². The summed E-state index contributed by atoms with van der Waals surface area (Å²) in [6.07, 6.45) is 2.60. The lowest BCUT2D eigenvalue weighted by Crippen LogP contribution is -1.99. The number of benzene rings is 1. The molecular weight excluding hydrogens is 158 g/mol. The normalized spacial score (nSPS) is 21.5. The van der Waals surface area contributed by atoms with Crippen LogP contribution in [0.3, 0.4) is 0 Å². The lowest BCUT2D eigenvalue weighted by atomic mass is 9.95. The first-order valence-corrected chi connectivity index (χ1v) is 5.12. The monoisotopic (exact) mass is 175 g/mol. The number of aryl methyl sites for hydroxylation is 1. The van der Waals surface area contributed by atoms with E-state index in [0.29, 0.717) is 5.92 Å². The summed E-state index contributed by atoms with van der Waals surface area (Å²) in [4.78, 5) is 0. The molecule has 0 saturated carbocycles. The van der Waals surface area contributed by atoms with Gasteiger partial charge in [0.05, 0.1) is 0 Å². The van der Waals surface area contributed by atoms with Gasteiger partial charge in [-0.2, -0.15) is 0 Å². The minimum Gasteiger partial charge on any atom is -0.385 e. The van der Waals surface area contributed by atoms with E-state index in [1.54, 1.807) is 0 Å². The summed E-state index contributed by atoms with van der Waals surface area (Å²) >= 11 is 0. The largest absolute Gasteiger partial charge is 0.385 e. The van der Waals surface area contributed by atoms with Crippen molar-refractivity contribution in [2.75, 3.05) is 11.9 Å². The molecular formula is C12H17N. The summed E-state index contributed by atoms with van der Waals surface area (Å²) in [5, 5.41) is 3.50. The van der Waals surface area contributed by atoms with Gasteiger partial charge in [0, 0.05) is 12.2 Å². The zero-order valence-electron chi connectivity index (χ0n) is 8.43. The lowest BCUT2D eigenvalue weighted by Gasteiger charge is -2.12. The molecule has 1 aliphatic heterocycles. The van der Waals surface area contributed by atoms with Crippen LogP contribution in [0.5, 0.6) is 0 Å². The quantitative estimate of drug-likeness (QED) is 0.638. The molecule has 70 valence electrons. The van der Waals surface area contributed by atoms with E-state index in [9.17, 15) is 0 Å². The Kier molecular flexibility index (Phi) is 2.26. The number of fused-ring (bicyclic) bond motifs is 1. The van der Waals surface area contributed by atoms with Crippen molar-refractivity contribution in [3.63, 3.8) is 0 Å². The number of rotatable bonds is 0. The maximum Gasteiger partial charge on any atom is 0.0378 e. The van der Waals surface area contributed by atoms with E-state index in [1.807, 2.05) is 0 Å². The van der Waals surface area contributed by atoms with Crippen LogP contribution >= 0.6 is 0 Å². The molecule has 2 rings (SSSR count). The maximum absolute atomic E-state index is 3.50. The standard InChI is InChI=1S/C12H17N/c1-9-5-6-11-10(2)4-3-7-13-12(11)8-9/h5-6,8,10,13H,3-4,7H2,1-2H3. The van der Waals surface area contributed by atoms with Gasteiger partial charge in [0.1, 0.15) is 0 Å². The molecule has 1 nitrogen and oxygen atoms in total. The molecule has 1 heterocycles. The summed E-state index contributed by atoms with van der Waals surface area (Å²) < 4.78 is 0. The number of hydrogen-bond donors (Lipinski definition) is 1. The van der Waals surface area contributed by atoms with Crippen LogP contribution in [0.2, 0.25) is 0 Å². The van der Waals surface area contributed by atoms with Gasteiger partial charge in [-0.1, -0.05) is 19.1 Å². The van der Waals surface area contributed by atoms with Crippen LogP contribution in [-0.4, -0.2) is 6.54 Å². The Morgan fingerprint density at radius 2 is 2.23 bits per heavy atom. The van der Waals surface area contributed by atoms with Crippen molar-refractivity contribution in [1.82, 2.24) is 0 Å². The van der Waals surface area contributed by atoms with Crippen LogP contribution in [0.15, 0.2) is 18.2 Å². The minimum absolute atomic E-state index is 0.714. The van der Waals surface area contributed by atoms with E-state index in [-0.39, 0.29) is 0 Å². The Morgan fingerprint density at radius 3 is 3.08 bits per heavy atom. The van der Waals surface area contributed by atoms with E-state index in [0.717, 1.165) is 6.54 Å². The van der Waals surface area contributed by atoms with Gasteiger partial charge in [-0.05, 0) is 42.9 Å². The molecule has 1 N–H and O–H groups in total. The molecule has 0 saturated heterocycles. The molecule has 1 aromatic carbocycles. The molecule has 0 radical (unpaired) electrons. The molecule has 0 aliphatic carbocycles. The molecule has 13 heavy (non-hydrogen) atoms. The van der Waals surface area contributed by atoms with E-state index in [2.05, 4.69) is 37.4 Å². The van der Waals surface area contributed by atoms with Gasteiger partial charge in [0.25, 0.3) is 0 Å². The van der Waals surface area contributed by atoms with Crippen molar-refractivity contribution in [3.8, 4) is 0 Å². The number of anilines is 1. The fraction of sp³-hybridized carbons (Fsp3) is 0.500. The van der Waals surface area contributed by atoms with Gasteiger partial charge >= 0.3 is 0 Å². The molecule has 0 aromatic heterocycles. The van der Waals surface area contributed by atoms with Crippen molar-refractivity contribution >= 4 is 5.69 Å². The molecule has 0 bridgehead atoms. The topological polar surface area (TPSA) is 12.0 Å². The van der Waals surface area contributed by atoms with Crippen LogP contribution in [0.25, 0.3) is 0 Å². The molecule has 1 heteroatoms. The summed E-state index contributed by atoms with van der Waals surface area (Å²) in [6.45, 7) is 5.60. The third kappa shape index (κ3) is 1.69. The highest BCUT2D eigenvalue weighted by molar-refractivity contribution is 5.55. The fourth-order valence-electron chi connectivity index (χ4n) is 2.04. The Balaban J connectivity index is 2.42. The second-order valence-electron chi connectivity index (χ2n) is 4.06. The first kappa shape index (κ1) is 8.61. The third-order valence-electron chi connectivity index (χ3n) is 2.87. The number of nitrogens with one attached hydrogen (secondary N) is 1. The summed E-state index contributed by atoms with van der Waals surface area (Å²) in [6, 6.07) is 6.74. The van der Waals surface area contributed by atoms with E-state index in [1.165, 1.54) is 29.7 Å². The molecule has 0 amide bonds. The van der Waals surface area contributed by atoms with Crippen molar-refractivity contribution in [1.29, 1.82) is 0 Å². The molecule has 1 aliphatic rings. The fourth-order valence-corrected chi connectivity index (χ4v) is 2.04. The van der Waals surface area contributed by atoms with Gasteiger partial charge in [-0.15, -0.1) is 0 Å². The SMILES string of the molecule is Cc1ccc2c(c1)NCCCC2C. The Morgan fingerprint density at radius 1 is 1.38 bits per heavy atom. The van der Waals surface area contributed by atoms with Crippen molar-refractivity contribution in [3.05, 3.63) is 29.3 Å². The molecule has 0 fully saturated rings. The predicted octanol–water partition coefficient (Wildman–Crippen LogP) is 3.30. The van der Waals surface area contributed by atoms with Gasteiger partial charge in [-0.3, -0.25) is 0 Å². The zero-order valence-corrected chi connectivity index (χ0v) is 8.43. The highest BCUT2D eigenvalue weighted by Crippen LogP contribution is 2.31. The smallest absolute Gasteiger partial charge is 0.0378 e. The van der Waals surface area contributed by atoms with E-state index in [4.69, 9.17) is 0 Å². The van der Waals surface area contributed by atoms with E-state index < -0.39 is 0 Å². The van der Waals surface area contributed by atoms with Gasteiger partial charge < -0.3 is 5.32 Å². The average Bonchev–Trinajstić information content (AvgIpc) is 2.28. The highest BCUT2D eigenvalue weighted by Gasteiger charge is 2.13. The van der Waals surface area contributed by atoms with Crippen LogP contribution in [-0.2, 0) is 0 Å². The Labute approximate surface area is 80.2 Å². The van der Waals surface area contributed by atoms with Crippen LogP contribution in [0.1, 0.15) is 36.8 Å². The van der Waals surface area contributed by atoms with Crippen molar-refractivity contribution < 1.29 is 0 Å². The molecule has 1 aromatic rings. The third-order valence-corrected chi connectivity index (χ3v) is 2.87.